The fourth-order valence-corrected chi connectivity index (χ4v) is 1.84. The number of amides is 1. The van der Waals surface area contributed by atoms with Crippen LogP contribution in [-0.2, 0) is 17.8 Å². The van der Waals surface area contributed by atoms with Crippen LogP contribution in [-0.4, -0.2) is 11.0 Å². The lowest BCUT2D eigenvalue weighted by Gasteiger charge is -2.10. The number of carbonyl (C=O) groups is 1. The maximum absolute atomic E-state index is 13.4. The molecule has 0 spiro atoms. The standard InChI is InChI=1S/C15H13F2NO2/c16-12-5-3-6-13(17)11(12)8-15(20)18-14-7-2-1-4-10(14)9-19/h1-7,19H,8-9H2,(H,18,20). The van der Waals surface area contributed by atoms with Crippen LogP contribution in [0, 0.1) is 11.6 Å². The number of nitrogens with one attached hydrogen (secondary N) is 1. The van der Waals surface area contributed by atoms with Crippen LogP contribution in [0.15, 0.2) is 42.5 Å². The molecule has 0 atom stereocenters. The molecule has 0 aliphatic heterocycles. The van der Waals surface area contributed by atoms with E-state index in [4.69, 9.17) is 5.11 Å². The molecular weight excluding hydrogens is 264 g/mol. The minimum absolute atomic E-state index is 0.232. The normalized spacial score (nSPS) is 10.3. The molecule has 2 N–H and O–H groups in total. The van der Waals surface area contributed by atoms with E-state index in [1.807, 2.05) is 0 Å². The van der Waals surface area contributed by atoms with Crippen molar-refractivity contribution in [3.05, 3.63) is 65.2 Å². The second-order valence-electron chi connectivity index (χ2n) is 4.24. The number of aliphatic hydroxyl groups is 1. The Labute approximate surface area is 114 Å². The van der Waals surface area contributed by atoms with Crippen molar-refractivity contribution in [3.8, 4) is 0 Å². The van der Waals surface area contributed by atoms with E-state index < -0.39 is 24.0 Å². The average Bonchev–Trinajstić information content (AvgIpc) is 2.44. The van der Waals surface area contributed by atoms with Crippen LogP contribution in [0.1, 0.15) is 11.1 Å². The number of para-hydroxylation sites is 1. The topological polar surface area (TPSA) is 49.3 Å². The average molecular weight is 277 g/mol. The van der Waals surface area contributed by atoms with E-state index in [1.165, 1.54) is 6.07 Å². The Morgan fingerprint density at radius 1 is 1.05 bits per heavy atom. The summed E-state index contributed by atoms with van der Waals surface area (Å²) in [7, 11) is 0. The summed E-state index contributed by atoms with van der Waals surface area (Å²) >= 11 is 0. The first kappa shape index (κ1) is 14.1. The van der Waals surface area contributed by atoms with Crippen LogP contribution in [0.3, 0.4) is 0 Å². The SMILES string of the molecule is O=C(Cc1c(F)cccc1F)Nc1ccccc1CO. The van der Waals surface area contributed by atoms with Crippen LogP contribution in [0.2, 0.25) is 0 Å². The van der Waals surface area contributed by atoms with E-state index in [0.717, 1.165) is 12.1 Å². The first-order chi connectivity index (χ1) is 9.61. The Balaban J connectivity index is 2.13. The number of halogens is 2. The Morgan fingerprint density at radius 3 is 2.35 bits per heavy atom. The molecule has 0 saturated heterocycles. The van der Waals surface area contributed by atoms with E-state index in [0.29, 0.717) is 11.3 Å². The molecule has 104 valence electrons. The molecule has 5 heteroatoms. The van der Waals surface area contributed by atoms with Crippen LogP contribution >= 0.6 is 0 Å². The lowest BCUT2D eigenvalue weighted by molar-refractivity contribution is -0.115. The van der Waals surface area contributed by atoms with E-state index in [1.54, 1.807) is 24.3 Å². The molecule has 0 aromatic heterocycles. The highest BCUT2D eigenvalue weighted by molar-refractivity contribution is 5.93. The summed E-state index contributed by atoms with van der Waals surface area (Å²) in [6.07, 6.45) is -0.404. The van der Waals surface area contributed by atoms with Gasteiger partial charge in [-0.05, 0) is 18.2 Å². The summed E-state index contributed by atoms with van der Waals surface area (Å²) in [5.41, 5.74) is 0.693. The maximum Gasteiger partial charge on any atom is 0.229 e. The van der Waals surface area contributed by atoms with Crippen LogP contribution in [0.25, 0.3) is 0 Å². The van der Waals surface area contributed by atoms with Crippen molar-refractivity contribution in [1.29, 1.82) is 0 Å². The van der Waals surface area contributed by atoms with Crippen molar-refractivity contribution in [2.45, 2.75) is 13.0 Å². The highest BCUT2D eigenvalue weighted by atomic mass is 19.1. The quantitative estimate of drug-likeness (QED) is 0.902. The van der Waals surface area contributed by atoms with Gasteiger partial charge in [0.1, 0.15) is 11.6 Å². The second kappa shape index (κ2) is 6.25. The predicted molar refractivity (Wildman–Crippen MR) is 71.1 cm³/mol. The van der Waals surface area contributed by atoms with Gasteiger partial charge in [-0.2, -0.15) is 0 Å². The van der Waals surface area contributed by atoms with E-state index in [-0.39, 0.29) is 12.2 Å². The fourth-order valence-electron chi connectivity index (χ4n) is 1.84. The number of hydrogen-bond donors (Lipinski definition) is 2. The molecule has 0 unspecified atom stereocenters. The van der Waals surface area contributed by atoms with E-state index in [2.05, 4.69) is 5.32 Å². The summed E-state index contributed by atoms with van der Waals surface area (Å²) in [5, 5.41) is 11.7. The first-order valence-electron chi connectivity index (χ1n) is 6.03. The molecule has 2 aromatic carbocycles. The zero-order valence-corrected chi connectivity index (χ0v) is 10.6. The van der Waals surface area contributed by atoms with Gasteiger partial charge in [-0.1, -0.05) is 24.3 Å². The molecule has 0 radical (unpaired) electrons. The molecule has 0 bridgehead atoms. The monoisotopic (exact) mass is 277 g/mol. The van der Waals surface area contributed by atoms with Gasteiger partial charge < -0.3 is 10.4 Å². The van der Waals surface area contributed by atoms with Gasteiger partial charge in [-0.3, -0.25) is 4.79 Å². The third kappa shape index (κ3) is 3.19. The molecule has 0 heterocycles. The number of aliphatic hydroxyl groups excluding tert-OH is 1. The van der Waals surface area contributed by atoms with Gasteiger partial charge in [0.2, 0.25) is 5.91 Å². The summed E-state index contributed by atoms with van der Waals surface area (Å²) in [4.78, 5) is 11.8. The molecule has 0 fully saturated rings. The van der Waals surface area contributed by atoms with E-state index >= 15 is 0 Å². The van der Waals surface area contributed by atoms with E-state index in [9.17, 15) is 13.6 Å². The van der Waals surface area contributed by atoms with Gasteiger partial charge in [-0.25, -0.2) is 8.78 Å². The maximum atomic E-state index is 13.4. The molecule has 1 amide bonds. The third-order valence-corrected chi connectivity index (χ3v) is 2.86. The van der Waals surface area contributed by atoms with Gasteiger partial charge in [0, 0.05) is 16.8 Å². The number of hydrogen-bond acceptors (Lipinski definition) is 2. The number of rotatable bonds is 4. The minimum Gasteiger partial charge on any atom is -0.392 e. The Hall–Kier alpha value is -2.27. The number of benzene rings is 2. The highest BCUT2D eigenvalue weighted by Gasteiger charge is 2.13. The zero-order chi connectivity index (χ0) is 14.5. The lowest BCUT2D eigenvalue weighted by Crippen LogP contribution is -2.17. The summed E-state index contributed by atoms with van der Waals surface area (Å²) in [6, 6.07) is 10.1. The van der Waals surface area contributed by atoms with Crippen molar-refractivity contribution in [2.75, 3.05) is 5.32 Å². The molecule has 20 heavy (non-hydrogen) atoms. The van der Waals surface area contributed by atoms with Crippen LogP contribution in [0.4, 0.5) is 14.5 Å². The first-order valence-corrected chi connectivity index (χ1v) is 6.03. The summed E-state index contributed by atoms with van der Waals surface area (Å²) < 4.78 is 26.9. The Morgan fingerprint density at radius 2 is 1.70 bits per heavy atom. The summed E-state index contributed by atoms with van der Waals surface area (Å²) in [6.45, 7) is -0.232. The second-order valence-corrected chi connectivity index (χ2v) is 4.24. The van der Waals surface area contributed by atoms with Crippen LogP contribution < -0.4 is 5.32 Å². The fraction of sp³-hybridized carbons (Fsp3) is 0.133. The van der Waals surface area contributed by atoms with Gasteiger partial charge in [-0.15, -0.1) is 0 Å². The Kier molecular flexibility index (Phi) is 4.42. The van der Waals surface area contributed by atoms with Gasteiger partial charge in [0.15, 0.2) is 0 Å². The van der Waals surface area contributed by atoms with Crippen molar-refractivity contribution < 1.29 is 18.7 Å². The predicted octanol–water partition coefficient (Wildman–Crippen LogP) is 2.64. The van der Waals surface area contributed by atoms with Crippen molar-refractivity contribution in [2.24, 2.45) is 0 Å². The summed E-state index contributed by atoms with van der Waals surface area (Å²) in [5.74, 6) is -2.05. The van der Waals surface area contributed by atoms with Gasteiger partial charge in [0.05, 0.1) is 13.0 Å². The molecule has 2 rings (SSSR count). The third-order valence-electron chi connectivity index (χ3n) is 2.86. The van der Waals surface area contributed by atoms with Crippen LogP contribution in [0.5, 0.6) is 0 Å². The molecule has 3 nitrogen and oxygen atoms in total. The number of carbonyl (C=O) groups excluding carboxylic acids is 1. The lowest BCUT2D eigenvalue weighted by atomic mass is 10.1. The van der Waals surface area contributed by atoms with Crippen molar-refractivity contribution >= 4 is 11.6 Å². The molecule has 0 saturated carbocycles. The van der Waals surface area contributed by atoms with Crippen molar-refractivity contribution in [1.82, 2.24) is 0 Å². The smallest absolute Gasteiger partial charge is 0.229 e. The molecular formula is C15H13F2NO2. The Bertz CT molecular complexity index is 609. The molecule has 2 aromatic rings. The molecule has 0 aliphatic carbocycles. The number of anilines is 1. The molecule has 0 aliphatic rings. The minimum atomic E-state index is -0.754. The van der Waals surface area contributed by atoms with Crippen molar-refractivity contribution in [3.63, 3.8) is 0 Å². The van der Waals surface area contributed by atoms with Gasteiger partial charge >= 0.3 is 0 Å². The zero-order valence-electron chi connectivity index (χ0n) is 10.6. The largest absolute Gasteiger partial charge is 0.392 e. The highest BCUT2D eigenvalue weighted by Crippen LogP contribution is 2.17. The van der Waals surface area contributed by atoms with Gasteiger partial charge in [0.25, 0.3) is 0 Å².